The Bertz CT molecular complexity index is 3350. The number of fused-ring (bicyclic) bond motifs is 4. The molecule has 1 spiro atoms. The molecule has 9 aliphatic rings. The molecule has 0 radical (unpaired) electrons. The van der Waals surface area contributed by atoms with E-state index in [2.05, 4.69) is 57.0 Å². The van der Waals surface area contributed by atoms with Crippen molar-refractivity contribution in [2.75, 3.05) is 116 Å². The van der Waals surface area contributed by atoms with Crippen molar-refractivity contribution < 1.29 is 66.9 Å². The quantitative estimate of drug-likeness (QED) is 0.0582. The van der Waals surface area contributed by atoms with Gasteiger partial charge >= 0.3 is 0 Å². The average Bonchev–Trinajstić information content (AvgIpc) is 1.49. The Morgan fingerprint density at radius 1 is 0.758 bits per heavy atom. The summed E-state index contributed by atoms with van der Waals surface area (Å²) < 4.78 is 23.9. The summed E-state index contributed by atoms with van der Waals surface area (Å²) in [6.45, 7) is 8.70. The van der Waals surface area contributed by atoms with Gasteiger partial charge in [-0.2, -0.15) is 0 Å². The van der Waals surface area contributed by atoms with E-state index in [1.165, 1.54) is 45.9 Å². The fraction of sp³-hybridized carbons (Fsp3) is 0.588. The predicted octanol–water partition coefficient (Wildman–Crippen LogP) is 3.91. The molecule has 5 heterocycles. The molecule has 2 saturated carbocycles. The molecule has 3 N–H and O–H groups in total. The number of ketones is 1. The topological polar surface area (TPSA) is 266 Å². The van der Waals surface area contributed by atoms with E-state index in [1.807, 2.05) is 20.0 Å². The Balaban J connectivity index is 0.607. The number of anilines is 2. The molecular formula is C68H85N9O14. The van der Waals surface area contributed by atoms with Crippen molar-refractivity contribution in [2.24, 2.45) is 11.8 Å². The molecule has 6 fully saturated rings. The van der Waals surface area contributed by atoms with Gasteiger partial charge in [-0.25, -0.2) is 0 Å². The van der Waals surface area contributed by atoms with Crippen molar-refractivity contribution in [1.29, 1.82) is 0 Å². The minimum absolute atomic E-state index is 0.0127. The molecule has 4 aliphatic carbocycles. The maximum absolute atomic E-state index is 14.8. The number of nitrogens with one attached hydrogen (secondary N) is 3. The van der Waals surface area contributed by atoms with Gasteiger partial charge in [-0.3, -0.25) is 58.2 Å². The molecule has 8 atom stereocenters. The highest BCUT2D eigenvalue weighted by Crippen LogP contribution is 2.73. The number of piperidine rings is 1. The van der Waals surface area contributed by atoms with Crippen LogP contribution in [0, 0.1) is 23.7 Å². The van der Waals surface area contributed by atoms with Crippen LogP contribution in [0.4, 0.5) is 11.4 Å². The predicted molar refractivity (Wildman–Crippen MR) is 333 cm³/mol. The summed E-state index contributed by atoms with van der Waals surface area (Å²) in [6.07, 6.45) is 10.0. The Morgan fingerprint density at radius 2 is 1.45 bits per heavy atom. The highest BCUT2D eigenvalue weighted by Gasteiger charge is 2.79. The summed E-state index contributed by atoms with van der Waals surface area (Å²) in [5.41, 5.74) is 6.64. The van der Waals surface area contributed by atoms with Crippen LogP contribution in [0.1, 0.15) is 136 Å². The summed E-state index contributed by atoms with van der Waals surface area (Å²) in [6, 6.07) is 10.6. The Morgan fingerprint density at radius 3 is 2.15 bits per heavy atom. The molecule has 486 valence electrons. The number of nitrogens with zero attached hydrogens (tertiary/aromatic N) is 6. The van der Waals surface area contributed by atoms with Crippen LogP contribution in [0.2, 0.25) is 0 Å². The lowest BCUT2D eigenvalue weighted by Crippen LogP contribution is -2.67. The lowest BCUT2D eigenvalue weighted by molar-refractivity contribution is -0.158. The second-order valence-corrected chi connectivity index (χ2v) is 25.4. The van der Waals surface area contributed by atoms with Crippen LogP contribution < -0.4 is 20.9 Å². The largest absolute Gasteiger partial charge is 0.384 e. The standard InChI is InChI=1S/C68H85N9O14/c1-5-24-67-25-23-53-50-19-15-46-39-48(80)18-20-49(46)60(50)52(40-68(53,67)91-67)45-13-16-47(17-14-45)72(4)28-7-12-59(82)75-31-29-74(44(3)79)42-57(75)65(86)76-32-30-73(43(2)78)41-56(76)62(83)70-27-9-34-89-36-38-90-37-35-88-33-8-26-69-54-11-6-10-51-61(54)66(87)77(64(51)85)55-21-22-58(81)71-63(55)84/h6,10-11,13-14,16-17,39,50,52-53,55-57,69H,7-9,12,15,18-23,25-38,40-42H2,1-4H3,(H,70,83)(H,71,81,84)/t50-,52+,53-,55?,56?,57?,67-,68+/m0/s1. The monoisotopic (exact) mass is 1250 g/mol. The third-order valence-electron chi connectivity index (χ3n) is 20.1. The van der Waals surface area contributed by atoms with E-state index in [4.69, 9.17) is 18.9 Å². The van der Waals surface area contributed by atoms with Crippen molar-refractivity contribution in [3.63, 3.8) is 0 Å². The van der Waals surface area contributed by atoms with Gasteiger partial charge in [0, 0.05) is 116 Å². The molecule has 9 amide bonds. The third-order valence-corrected chi connectivity index (χ3v) is 20.1. The van der Waals surface area contributed by atoms with E-state index in [1.54, 1.807) is 28.0 Å². The van der Waals surface area contributed by atoms with Gasteiger partial charge in [0.05, 0.1) is 50.6 Å². The zero-order chi connectivity index (χ0) is 64.1. The number of rotatable bonds is 24. The molecule has 91 heavy (non-hydrogen) atoms. The Kier molecular flexibility index (Phi) is 19.9. The van der Waals surface area contributed by atoms with E-state index in [0.29, 0.717) is 95.9 Å². The van der Waals surface area contributed by atoms with Gasteiger partial charge < -0.3 is 54.1 Å². The number of carbonyl (C=O) groups is 10. The minimum Gasteiger partial charge on any atom is -0.384 e. The van der Waals surface area contributed by atoms with E-state index in [9.17, 15) is 47.9 Å². The fourth-order valence-corrected chi connectivity index (χ4v) is 15.5. The smallest absolute Gasteiger partial charge is 0.264 e. The zero-order valence-electron chi connectivity index (χ0n) is 52.8. The van der Waals surface area contributed by atoms with E-state index < -0.39 is 53.6 Å². The second-order valence-electron chi connectivity index (χ2n) is 25.4. The number of amides is 9. The lowest BCUT2D eigenvalue weighted by atomic mass is 9.57. The molecule has 23 nitrogen and oxygen atoms in total. The number of hydrogen-bond donors (Lipinski definition) is 3. The van der Waals surface area contributed by atoms with Crippen molar-refractivity contribution >= 4 is 70.3 Å². The number of imide groups is 2. The van der Waals surface area contributed by atoms with Gasteiger partial charge in [0.1, 0.15) is 23.7 Å². The maximum Gasteiger partial charge on any atom is 0.264 e. The zero-order valence-corrected chi connectivity index (χ0v) is 52.8. The number of carbonyl (C=O) groups excluding carboxylic acids is 10. The maximum atomic E-state index is 14.8. The molecule has 3 unspecified atom stereocenters. The fourth-order valence-electron chi connectivity index (χ4n) is 15.5. The number of allylic oxidation sites excluding steroid dienone is 4. The molecule has 4 saturated heterocycles. The summed E-state index contributed by atoms with van der Waals surface area (Å²) in [7, 11) is 2.01. The second kappa shape index (κ2) is 28.0. The molecular weight excluding hydrogens is 1170 g/mol. The normalized spacial score (nSPS) is 26.6. The SMILES string of the molecule is CC#C[C@]12CC[C@H]3[C@@H]4CCC5=CC(=O)CCC5=C4[C@@H](c4ccc(N(C)CCCC(=O)N5CCN(C(C)=O)CC5C(=O)N5CCN(C(C)=O)CC5C(=O)NCCCOCCOCCOCCCNc5cccc6c5C(=O)N(C5CCC(=O)NC5=O)C6=O)cc4)C[C@@]31O2. The van der Waals surface area contributed by atoms with Crippen molar-refractivity contribution in [3.05, 3.63) is 82.0 Å². The van der Waals surface area contributed by atoms with Crippen LogP contribution in [0.3, 0.4) is 0 Å². The van der Waals surface area contributed by atoms with Crippen molar-refractivity contribution in [3.8, 4) is 11.8 Å². The first-order chi connectivity index (χ1) is 43.9. The molecule has 0 aromatic heterocycles. The van der Waals surface area contributed by atoms with Gasteiger partial charge in [0.15, 0.2) is 11.4 Å². The Hall–Kier alpha value is -7.78. The van der Waals surface area contributed by atoms with Crippen LogP contribution in [0.15, 0.2) is 65.3 Å². The van der Waals surface area contributed by atoms with Gasteiger partial charge in [-0.05, 0) is 130 Å². The summed E-state index contributed by atoms with van der Waals surface area (Å²) >= 11 is 0. The van der Waals surface area contributed by atoms with Crippen LogP contribution in [-0.4, -0.2) is 218 Å². The first-order valence-electron chi connectivity index (χ1n) is 32.6. The number of hydrogen-bond acceptors (Lipinski definition) is 16. The lowest BCUT2D eigenvalue weighted by Gasteiger charge is -2.46. The van der Waals surface area contributed by atoms with Crippen LogP contribution in [-0.2, 0) is 57.3 Å². The van der Waals surface area contributed by atoms with Crippen molar-refractivity contribution in [2.45, 2.75) is 139 Å². The summed E-state index contributed by atoms with van der Waals surface area (Å²) in [5.74, 6) is 4.10. The molecule has 11 rings (SSSR count). The Labute approximate surface area is 531 Å². The van der Waals surface area contributed by atoms with Crippen LogP contribution in [0.5, 0.6) is 0 Å². The number of benzene rings is 2. The van der Waals surface area contributed by atoms with E-state index >= 15 is 0 Å². The van der Waals surface area contributed by atoms with Gasteiger partial charge in [-0.1, -0.05) is 29.7 Å². The van der Waals surface area contributed by atoms with Crippen LogP contribution in [0.25, 0.3) is 0 Å². The number of ether oxygens (including phenoxy) is 4. The first-order valence-corrected chi connectivity index (χ1v) is 32.6. The molecule has 2 aromatic carbocycles. The average molecular weight is 1250 g/mol. The first kappa shape index (κ1) is 64.7. The molecule has 2 aromatic rings. The number of epoxide rings is 1. The third kappa shape index (κ3) is 13.3. The van der Waals surface area contributed by atoms with Gasteiger partial charge in [0.2, 0.25) is 41.4 Å². The highest BCUT2D eigenvalue weighted by molar-refractivity contribution is 6.25. The molecule has 5 aliphatic heterocycles. The van der Waals surface area contributed by atoms with E-state index in [-0.39, 0.29) is 117 Å². The molecule has 0 bridgehead atoms. The highest BCUT2D eigenvalue weighted by atomic mass is 16.6. The van der Waals surface area contributed by atoms with Crippen molar-refractivity contribution in [1.82, 2.24) is 35.1 Å². The minimum atomic E-state index is -1.04. The van der Waals surface area contributed by atoms with Gasteiger partial charge in [-0.15, -0.1) is 5.92 Å². The summed E-state index contributed by atoms with van der Waals surface area (Å²) in [5, 5.41) is 8.32. The van der Waals surface area contributed by atoms with E-state index in [0.717, 1.165) is 49.1 Å². The van der Waals surface area contributed by atoms with Crippen LogP contribution >= 0.6 is 0 Å². The number of piperazine rings is 2. The van der Waals surface area contributed by atoms with Gasteiger partial charge in [0.25, 0.3) is 11.8 Å². The molecule has 23 heteroatoms. The summed E-state index contributed by atoms with van der Waals surface area (Å²) in [4.78, 5) is 141.